The van der Waals surface area contributed by atoms with E-state index in [9.17, 15) is 10.1 Å². The van der Waals surface area contributed by atoms with Crippen LogP contribution >= 0.6 is 23.1 Å². The lowest BCUT2D eigenvalue weighted by atomic mass is 9.96. The topological polar surface area (TPSA) is 87.9 Å². The van der Waals surface area contributed by atoms with Crippen LogP contribution in [0.2, 0.25) is 0 Å². The first-order valence-corrected chi connectivity index (χ1v) is 12.3. The SMILES string of the molecule is COc1ccc2nc(NC(=O)CCSc3nc4c(cc3C#N)CCCCCC4)sc2c1. The number of nitrogens with zero attached hydrogens (tertiary/aromatic N) is 3. The summed E-state index contributed by atoms with van der Waals surface area (Å²) in [6.45, 7) is 0. The maximum atomic E-state index is 12.4. The maximum absolute atomic E-state index is 12.4. The summed E-state index contributed by atoms with van der Waals surface area (Å²) < 4.78 is 6.20. The molecule has 0 spiro atoms. The van der Waals surface area contributed by atoms with Crippen molar-refractivity contribution in [1.82, 2.24) is 9.97 Å². The minimum atomic E-state index is -0.0942. The number of ether oxygens (including phenoxy) is 1. The molecule has 2 aromatic heterocycles. The molecule has 0 atom stereocenters. The standard InChI is InChI=1S/C23H24N4O2S2/c1-29-17-8-9-19-20(13-17)31-23(26-19)27-21(28)10-11-30-22-16(14-24)12-15-6-4-2-3-5-7-18(15)25-22/h8-9,12-13H,2-7,10-11H2,1H3,(H,26,27,28). The lowest BCUT2D eigenvalue weighted by Gasteiger charge is -2.15. The van der Waals surface area contributed by atoms with Crippen molar-refractivity contribution in [2.75, 3.05) is 18.2 Å². The van der Waals surface area contributed by atoms with Crippen LogP contribution in [0.3, 0.4) is 0 Å². The molecule has 0 saturated heterocycles. The van der Waals surface area contributed by atoms with Gasteiger partial charge in [0.15, 0.2) is 5.13 Å². The van der Waals surface area contributed by atoms with Gasteiger partial charge in [0.2, 0.25) is 5.91 Å². The lowest BCUT2D eigenvalue weighted by molar-refractivity contribution is -0.115. The molecule has 1 N–H and O–H groups in total. The first kappa shape index (κ1) is 21.6. The van der Waals surface area contributed by atoms with E-state index in [4.69, 9.17) is 9.72 Å². The molecule has 0 radical (unpaired) electrons. The van der Waals surface area contributed by atoms with Crippen molar-refractivity contribution in [1.29, 1.82) is 5.26 Å². The highest BCUT2D eigenvalue weighted by Gasteiger charge is 2.15. The third kappa shape index (κ3) is 5.35. The first-order chi connectivity index (χ1) is 15.2. The van der Waals surface area contributed by atoms with Crippen molar-refractivity contribution < 1.29 is 9.53 Å². The third-order valence-electron chi connectivity index (χ3n) is 5.30. The second-order valence-corrected chi connectivity index (χ2v) is 9.59. The number of carbonyl (C=O) groups excluding carboxylic acids is 1. The Morgan fingerprint density at radius 3 is 2.87 bits per heavy atom. The van der Waals surface area contributed by atoms with Crippen LogP contribution in [-0.2, 0) is 17.6 Å². The highest BCUT2D eigenvalue weighted by Crippen LogP contribution is 2.30. The zero-order valence-corrected chi connectivity index (χ0v) is 19.1. The number of anilines is 1. The summed E-state index contributed by atoms with van der Waals surface area (Å²) in [5, 5.41) is 13.8. The molecule has 3 aromatic rings. The average Bonchev–Trinajstić information content (AvgIpc) is 3.15. The number of nitriles is 1. The van der Waals surface area contributed by atoms with Gasteiger partial charge in [-0.25, -0.2) is 9.97 Å². The van der Waals surface area contributed by atoms with E-state index in [2.05, 4.69) is 16.4 Å². The van der Waals surface area contributed by atoms with Gasteiger partial charge in [-0.2, -0.15) is 5.26 Å². The maximum Gasteiger partial charge on any atom is 0.226 e. The Balaban J connectivity index is 1.37. The number of thioether (sulfide) groups is 1. The number of hydrogen-bond acceptors (Lipinski definition) is 7. The van der Waals surface area contributed by atoms with Gasteiger partial charge in [-0.1, -0.05) is 24.2 Å². The highest BCUT2D eigenvalue weighted by molar-refractivity contribution is 7.99. The molecule has 1 aromatic carbocycles. The second kappa shape index (κ2) is 10.1. The molecule has 160 valence electrons. The van der Waals surface area contributed by atoms with Crippen LogP contribution in [0.15, 0.2) is 29.3 Å². The van der Waals surface area contributed by atoms with Gasteiger partial charge in [-0.15, -0.1) is 11.8 Å². The van der Waals surface area contributed by atoms with Gasteiger partial charge < -0.3 is 10.1 Å². The fourth-order valence-electron chi connectivity index (χ4n) is 3.67. The molecule has 0 saturated carbocycles. The van der Waals surface area contributed by atoms with Gasteiger partial charge in [0.05, 0.1) is 22.9 Å². The van der Waals surface area contributed by atoms with Crippen LogP contribution in [-0.4, -0.2) is 28.7 Å². The van der Waals surface area contributed by atoms with Gasteiger partial charge in [-0.05, 0) is 55.5 Å². The number of fused-ring (bicyclic) bond motifs is 2. The smallest absolute Gasteiger partial charge is 0.226 e. The monoisotopic (exact) mass is 452 g/mol. The Bertz CT molecular complexity index is 1140. The van der Waals surface area contributed by atoms with Crippen LogP contribution in [0.4, 0.5) is 5.13 Å². The van der Waals surface area contributed by atoms with Crippen molar-refractivity contribution in [3.05, 3.63) is 41.1 Å². The average molecular weight is 453 g/mol. The number of benzene rings is 1. The minimum Gasteiger partial charge on any atom is -0.497 e. The number of carbonyl (C=O) groups is 1. The van der Waals surface area contributed by atoms with Crippen molar-refractivity contribution >= 4 is 44.4 Å². The largest absolute Gasteiger partial charge is 0.497 e. The normalized spacial score (nSPS) is 13.7. The minimum absolute atomic E-state index is 0.0942. The highest BCUT2D eigenvalue weighted by atomic mass is 32.2. The number of hydrogen-bond donors (Lipinski definition) is 1. The molecule has 6 nitrogen and oxygen atoms in total. The third-order valence-corrected chi connectivity index (χ3v) is 7.22. The predicted molar refractivity (Wildman–Crippen MR) is 125 cm³/mol. The number of amides is 1. The molecule has 2 heterocycles. The summed E-state index contributed by atoms with van der Waals surface area (Å²) in [7, 11) is 1.63. The summed E-state index contributed by atoms with van der Waals surface area (Å²) in [5.74, 6) is 1.23. The van der Waals surface area contributed by atoms with E-state index in [0.29, 0.717) is 22.9 Å². The summed E-state index contributed by atoms with van der Waals surface area (Å²) in [6.07, 6.45) is 7.08. The van der Waals surface area contributed by atoms with Gasteiger partial charge in [-0.3, -0.25) is 4.79 Å². The molecule has 4 rings (SSSR count). The van der Waals surface area contributed by atoms with Crippen LogP contribution < -0.4 is 10.1 Å². The molecule has 31 heavy (non-hydrogen) atoms. The molecule has 0 fully saturated rings. The molecule has 8 heteroatoms. The van der Waals surface area contributed by atoms with E-state index in [1.165, 1.54) is 41.5 Å². The number of aromatic nitrogens is 2. The Morgan fingerprint density at radius 2 is 2.06 bits per heavy atom. The zero-order chi connectivity index (χ0) is 21.6. The van der Waals surface area contributed by atoms with E-state index >= 15 is 0 Å². The van der Waals surface area contributed by atoms with Crippen LogP contribution in [0.1, 0.15) is 48.9 Å². The van der Waals surface area contributed by atoms with Crippen LogP contribution in [0.5, 0.6) is 5.75 Å². The van der Waals surface area contributed by atoms with Crippen molar-refractivity contribution in [3.63, 3.8) is 0 Å². The molecule has 1 amide bonds. The Morgan fingerprint density at radius 1 is 1.23 bits per heavy atom. The molecule has 0 bridgehead atoms. The summed E-state index contributed by atoms with van der Waals surface area (Å²) in [5.41, 5.74) is 3.78. The van der Waals surface area contributed by atoms with E-state index < -0.39 is 0 Å². The Labute approximate surface area is 190 Å². The van der Waals surface area contributed by atoms with E-state index in [-0.39, 0.29) is 5.91 Å². The number of methoxy groups -OCH3 is 1. The first-order valence-electron chi connectivity index (χ1n) is 10.5. The van der Waals surface area contributed by atoms with E-state index in [0.717, 1.165) is 52.4 Å². The zero-order valence-electron chi connectivity index (χ0n) is 17.4. The molecular formula is C23H24N4O2S2. The second-order valence-electron chi connectivity index (χ2n) is 7.47. The van der Waals surface area contributed by atoms with Crippen LogP contribution in [0, 0.1) is 11.3 Å². The number of pyridine rings is 1. The number of aryl methyl sites for hydroxylation is 2. The number of rotatable bonds is 6. The number of nitrogens with one attached hydrogen (secondary N) is 1. The van der Waals surface area contributed by atoms with Crippen LogP contribution in [0.25, 0.3) is 10.2 Å². The molecule has 0 aliphatic heterocycles. The van der Waals surface area contributed by atoms with Crippen molar-refractivity contribution in [3.8, 4) is 11.8 Å². The van der Waals surface area contributed by atoms with E-state index in [1.54, 1.807) is 7.11 Å². The van der Waals surface area contributed by atoms with Gasteiger partial charge in [0.1, 0.15) is 16.8 Å². The molecule has 0 unspecified atom stereocenters. The van der Waals surface area contributed by atoms with Gasteiger partial charge in [0, 0.05) is 17.9 Å². The summed E-state index contributed by atoms with van der Waals surface area (Å²) in [6, 6.07) is 9.93. The summed E-state index contributed by atoms with van der Waals surface area (Å²) in [4.78, 5) is 21.7. The quantitative estimate of drug-likeness (QED) is 0.507. The number of thiazole rings is 1. The van der Waals surface area contributed by atoms with Crippen molar-refractivity contribution in [2.45, 2.75) is 50.0 Å². The summed E-state index contributed by atoms with van der Waals surface area (Å²) >= 11 is 2.90. The van der Waals surface area contributed by atoms with Crippen molar-refractivity contribution in [2.24, 2.45) is 0 Å². The molecule has 1 aliphatic carbocycles. The van der Waals surface area contributed by atoms with Gasteiger partial charge >= 0.3 is 0 Å². The predicted octanol–water partition coefficient (Wildman–Crippen LogP) is 5.35. The lowest BCUT2D eigenvalue weighted by Crippen LogP contribution is -2.12. The molecular weight excluding hydrogens is 428 g/mol. The molecule has 1 aliphatic rings. The Hall–Kier alpha value is -2.63. The Kier molecular flexibility index (Phi) is 7.05. The fourth-order valence-corrected chi connectivity index (χ4v) is 5.49. The van der Waals surface area contributed by atoms with E-state index in [1.807, 2.05) is 24.3 Å². The van der Waals surface area contributed by atoms with Gasteiger partial charge in [0.25, 0.3) is 0 Å². The fraction of sp³-hybridized carbons (Fsp3) is 0.391.